The van der Waals surface area contributed by atoms with Crippen molar-refractivity contribution in [2.24, 2.45) is 0 Å². The van der Waals surface area contributed by atoms with Crippen molar-refractivity contribution in [3.05, 3.63) is 82.7 Å². The second-order valence-corrected chi connectivity index (χ2v) is 7.03. The number of benzene rings is 2. The molecule has 3 rings (SSSR count). The number of halogens is 3. The summed E-state index contributed by atoms with van der Waals surface area (Å²) in [7, 11) is 1.47. The molecule has 32 heavy (non-hydrogen) atoms. The van der Waals surface area contributed by atoms with Crippen molar-refractivity contribution in [1.29, 1.82) is 5.26 Å². The molecular weight excluding hydrogens is 419 g/mol. The van der Waals surface area contributed by atoms with Crippen LogP contribution in [0.1, 0.15) is 22.5 Å². The predicted octanol–water partition coefficient (Wildman–Crippen LogP) is 5.67. The number of anilines is 1. The van der Waals surface area contributed by atoms with Gasteiger partial charge in [0.25, 0.3) is 5.91 Å². The summed E-state index contributed by atoms with van der Waals surface area (Å²) in [6, 6.07) is 15.4. The first-order chi connectivity index (χ1) is 15.2. The fourth-order valence-electron chi connectivity index (χ4n) is 3.39. The average Bonchev–Trinajstić information content (AvgIpc) is 3.04. The zero-order chi connectivity index (χ0) is 23.5. The first-order valence-corrected chi connectivity index (χ1v) is 9.58. The van der Waals surface area contributed by atoms with Gasteiger partial charge < -0.3 is 14.6 Å². The minimum atomic E-state index is -4.46. The lowest BCUT2D eigenvalue weighted by atomic mass is 10.1. The molecule has 0 spiro atoms. The van der Waals surface area contributed by atoms with E-state index in [0.29, 0.717) is 34.1 Å². The third-order valence-corrected chi connectivity index (χ3v) is 4.92. The molecule has 3 aromatic rings. The zero-order valence-corrected chi connectivity index (χ0v) is 17.6. The predicted molar refractivity (Wildman–Crippen MR) is 115 cm³/mol. The Bertz CT molecular complexity index is 1230. The van der Waals surface area contributed by atoms with Crippen molar-refractivity contribution in [3.63, 3.8) is 0 Å². The fraction of sp³-hybridized carbons (Fsp3) is 0.167. The van der Waals surface area contributed by atoms with Gasteiger partial charge in [-0.15, -0.1) is 0 Å². The first-order valence-electron chi connectivity index (χ1n) is 9.58. The molecule has 0 aliphatic carbocycles. The van der Waals surface area contributed by atoms with E-state index in [1.165, 1.54) is 19.3 Å². The number of carbonyl (C=O) groups is 1. The molecule has 0 aliphatic rings. The second kappa shape index (κ2) is 9.02. The number of carbonyl (C=O) groups excluding carboxylic acids is 1. The number of alkyl halides is 3. The third-order valence-electron chi connectivity index (χ3n) is 4.92. The monoisotopic (exact) mass is 439 g/mol. The van der Waals surface area contributed by atoms with E-state index < -0.39 is 17.6 Å². The molecule has 1 amide bonds. The van der Waals surface area contributed by atoms with Crippen molar-refractivity contribution in [2.45, 2.75) is 20.0 Å². The smallest absolute Gasteiger partial charge is 0.416 e. The van der Waals surface area contributed by atoms with E-state index in [9.17, 15) is 23.2 Å². The molecule has 0 saturated heterocycles. The summed E-state index contributed by atoms with van der Waals surface area (Å²) in [6.07, 6.45) is -3.05. The number of nitrogens with zero attached hydrogens (tertiary/aromatic N) is 2. The number of aromatic nitrogens is 1. The average molecular weight is 439 g/mol. The van der Waals surface area contributed by atoms with E-state index in [1.54, 1.807) is 54.8 Å². The van der Waals surface area contributed by atoms with Gasteiger partial charge in [0.2, 0.25) is 0 Å². The number of ether oxygens (including phenoxy) is 1. The molecule has 2 aromatic carbocycles. The van der Waals surface area contributed by atoms with Crippen LogP contribution in [0, 0.1) is 25.2 Å². The molecule has 1 aromatic heterocycles. The van der Waals surface area contributed by atoms with Crippen LogP contribution < -0.4 is 10.1 Å². The van der Waals surface area contributed by atoms with Crippen molar-refractivity contribution < 1.29 is 22.7 Å². The van der Waals surface area contributed by atoms with Gasteiger partial charge in [-0.3, -0.25) is 4.79 Å². The Morgan fingerprint density at radius 3 is 2.50 bits per heavy atom. The normalized spacial score (nSPS) is 11.7. The summed E-state index contributed by atoms with van der Waals surface area (Å²) >= 11 is 0. The summed E-state index contributed by atoms with van der Waals surface area (Å²) in [5.74, 6) is -0.179. The topological polar surface area (TPSA) is 67.0 Å². The van der Waals surface area contributed by atoms with Crippen molar-refractivity contribution in [2.75, 3.05) is 12.4 Å². The largest absolute Gasteiger partial charge is 0.495 e. The van der Waals surface area contributed by atoms with Crippen LogP contribution in [-0.2, 0) is 11.0 Å². The number of aryl methyl sites for hydroxylation is 1. The highest BCUT2D eigenvalue weighted by Crippen LogP contribution is 2.32. The number of hydrogen-bond acceptors (Lipinski definition) is 3. The van der Waals surface area contributed by atoms with E-state index in [4.69, 9.17) is 4.74 Å². The lowest BCUT2D eigenvalue weighted by molar-refractivity contribution is -0.137. The van der Waals surface area contributed by atoms with E-state index >= 15 is 0 Å². The minimum absolute atomic E-state index is 0.153. The number of para-hydroxylation sites is 2. The summed E-state index contributed by atoms with van der Waals surface area (Å²) in [5.41, 5.74) is 1.65. The molecule has 164 valence electrons. The van der Waals surface area contributed by atoms with Gasteiger partial charge in [0.05, 0.1) is 18.4 Å². The van der Waals surface area contributed by atoms with Crippen LogP contribution in [0.2, 0.25) is 0 Å². The molecule has 0 fully saturated rings. The zero-order valence-electron chi connectivity index (χ0n) is 17.6. The van der Waals surface area contributed by atoms with Gasteiger partial charge in [-0.25, -0.2) is 0 Å². The van der Waals surface area contributed by atoms with E-state index in [0.717, 1.165) is 12.1 Å². The lowest BCUT2D eigenvalue weighted by Gasteiger charge is -2.13. The minimum Gasteiger partial charge on any atom is -0.495 e. The molecule has 8 heteroatoms. The van der Waals surface area contributed by atoms with E-state index in [1.807, 2.05) is 6.07 Å². The summed E-state index contributed by atoms with van der Waals surface area (Å²) in [5, 5.41) is 12.2. The Labute approximate surface area is 183 Å². The summed E-state index contributed by atoms with van der Waals surface area (Å²) in [6.45, 7) is 3.46. The number of nitriles is 1. The molecule has 0 bridgehead atoms. The van der Waals surface area contributed by atoms with Crippen LogP contribution in [-0.4, -0.2) is 17.6 Å². The van der Waals surface area contributed by atoms with Gasteiger partial charge in [-0.2, -0.15) is 18.4 Å². The van der Waals surface area contributed by atoms with Crippen LogP contribution >= 0.6 is 0 Å². The van der Waals surface area contributed by atoms with Gasteiger partial charge >= 0.3 is 6.18 Å². The Morgan fingerprint density at radius 1 is 1.12 bits per heavy atom. The Morgan fingerprint density at radius 2 is 1.84 bits per heavy atom. The maximum atomic E-state index is 13.1. The van der Waals surface area contributed by atoms with Gasteiger partial charge in [-0.1, -0.05) is 18.2 Å². The first kappa shape index (κ1) is 22.7. The molecule has 1 N–H and O–H groups in total. The fourth-order valence-corrected chi connectivity index (χ4v) is 3.39. The van der Waals surface area contributed by atoms with Crippen molar-refractivity contribution >= 4 is 17.7 Å². The second-order valence-electron chi connectivity index (χ2n) is 7.03. The van der Waals surface area contributed by atoms with Crippen molar-refractivity contribution in [3.8, 4) is 17.5 Å². The maximum absolute atomic E-state index is 13.1. The van der Waals surface area contributed by atoms with E-state index in [-0.39, 0.29) is 5.57 Å². The highest BCUT2D eigenvalue weighted by molar-refractivity contribution is 6.10. The van der Waals surface area contributed by atoms with Crippen LogP contribution in [0.15, 0.2) is 60.2 Å². The Balaban J connectivity index is 1.97. The number of rotatable bonds is 5. The molecule has 0 radical (unpaired) electrons. The molecule has 1 heterocycles. The molecule has 0 atom stereocenters. The SMILES string of the molecule is COc1ccccc1NC(=O)/C(C#N)=C\c1cc(C)n(-c2cccc(C(F)(F)F)c2)c1C. The Hall–Kier alpha value is -3.99. The van der Waals surface area contributed by atoms with E-state index in [2.05, 4.69) is 5.32 Å². The molecule has 0 aliphatic heterocycles. The summed E-state index contributed by atoms with van der Waals surface area (Å²) in [4.78, 5) is 12.7. The molecule has 0 saturated carbocycles. The van der Waals surface area contributed by atoms with Crippen LogP contribution in [0.5, 0.6) is 5.75 Å². The van der Waals surface area contributed by atoms with Crippen LogP contribution in [0.25, 0.3) is 11.8 Å². The number of nitrogens with one attached hydrogen (secondary N) is 1. The maximum Gasteiger partial charge on any atom is 0.416 e. The quantitative estimate of drug-likeness (QED) is 0.412. The van der Waals surface area contributed by atoms with Gasteiger partial charge in [-0.05, 0) is 61.9 Å². The number of methoxy groups -OCH3 is 1. The van der Waals surface area contributed by atoms with Gasteiger partial charge in [0.1, 0.15) is 17.4 Å². The Kier molecular flexibility index (Phi) is 6.40. The van der Waals surface area contributed by atoms with Crippen molar-refractivity contribution in [1.82, 2.24) is 4.57 Å². The molecule has 0 unspecified atom stereocenters. The highest BCUT2D eigenvalue weighted by atomic mass is 19.4. The van der Waals surface area contributed by atoms with Crippen LogP contribution in [0.4, 0.5) is 18.9 Å². The van der Waals surface area contributed by atoms with Gasteiger partial charge in [0, 0.05) is 17.1 Å². The van der Waals surface area contributed by atoms with Crippen LogP contribution in [0.3, 0.4) is 0 Å². The molecular formula is C24H20F3N3O2. The highest BCUT2D eigenvalue weighted by Gasteiger charge is 2.30. The summed E-state index contributed by atoms with van der Waals surface area (Å²) < 4.78 is 46.2. The van der Waals surface area contributed by atoms with Gasteiger partial charge in [0.15, 0.2) is 0 Å². The number of amides is 1. The third kappa shape index (κ3) is 4.67. The molecule has 5 nitrogen and oxygen atoms in total. The lowest BCUT2D eigenvalue weighted by Crippen LogP contribution is -2.14. The number of hydrogen-bond donors (Lipinski definition) is 1. The standard InChI is InChI=1S/C24H20F3N3O2/c1-15-11-17(16(2)30(15)20-8-6-7-19(13-20)24(25,26)27)12-18(14-28)23(31)29-21-9-4-5-10-22(21)32-3/h4-13H,1-3H3,(H,29,31)/b18-12-.